The molecule has 122 valence electrons. The summed E-state index contributed by atoms with van der Waals surface area (Å²) in [6.07, 6.45) is 1.38. The van der Waals surface area contributed by atoms with Crippen LogP contribution in [-0.4, -0.2) is 18.5 Å². The van der Waals surface area contributed by atoms with E-state index in [2.05, 4.69) is 0 Å². The standard InChI is InChI=1S/C19H17NO3S/c1-13(2)11-19(22)23-12-18(21)20-14-7-3-5-9-16(14)24-17-10-6-4-8-15(17)20/h3-11H,12H2,1-2H3. The van der Waals surface area contributed by atoms with Gasteiger partial charge in [-0.05, 0) is 38.1 Å². The van der Waals surface area contributed by atoms with Gasteiger partial charge in [-0.1, -0.05) is 41.6 Å². The number of amides is 1. The maximum atomic E-state index is 12.7. The normalized spacial score (nSPS) is 12.0. The van der Waals surface area contributed by atoms with Crippen molar-refractivity contribution in [3.05, 3.63) is 60.2 Å². The molecule has 4 nitrogen and oxygen atoms in total. The number of hydrogen-bond donors (Lipinski definition) is 0. The van der Waals surface area contributed by atoms with Crippen molar-refractivity contribution >= 4 is 35.0 Å². The Morgan fingerprint density at radius 1 is 1.00 bits per heavy atom. The molecule has 0 atom stereocenters. The second-order valence-electron chi connectivity index (χ2n) is 5.60. The van der Waals surface area contributed by atoms with Gasteiger partial charge in [0.25, 0.3) is 5.91 Å². The molecule has 1 heterocycles. The van der Waals surface area contributed by atoms with Gasteiger partial charge in [-0.15, -0.1) is 0 Å². The number of carbonyl (C=O) groups excluding carboxylic acids is 2. The van der Waals surface area contributed by atoms with Crippen LogP contribution in [0.25, 0.3) is 0 Å². The average molecular weight is 339 g/mol. The summed E-state index contributed by atoms with van der Waals surface area (Å²) in [4.78, 5) is 28.0. The number of benzene rings is 2. The predicted molar refractivity (Wildman–Crippen MR) is 94.5 cm³/mol. The van der Waals surface area contributed by atoms with Gasteiger partial charge in [0.05, 0.1) is 11.4 Å². The van der Waals surface area contributed by atoms with Crippen molar-refractivity contribution in [2.75, 3.05) is 11.5 Å². The topological polar surface area (TPSA) is 46.6 Å². The molecule has 2 aromatic carbocycles. The van der Waals surface area contributed by atoms with Crippen molar-refractivity contribution in [3.8, 4) is 0 Å². The van der Waals surface area contributed by atoms with E-state index in [1.165, 1.54) is 6.08 Å². The van der Waals surface area contributed by atoms with E-state index in [1.54, 1.807) is 30.5 Å². The molecule has 0 unspecified atom stereocenters. The fourth-order valence-electron chi connectivity index (χ4n) is 2.45. The maximum Gasteiger partial charge on any atom is 0.331 e. The van der Waals surface area contributed by atoms with Crippen LogP contribution < -0.4 is 4.90 Å². The van der Waals surface area contributed by atoms with Gasteiger partial charge in [-0.3, -0.25) is 9.69 Å². The number of para-hydroxylation sites is 2. The zero-order chi connectivity index (χ0) is 17.1. The Morgan fingerprint density at radius 2 is 1.54 bits per heavy atom. The Bertz CT molecular complexity index is 779. The molecular weight excluding hydrogens is 322 g/mol. The minimum atomic E-state index is -0.503. The summed E-state index contributed by atoms with van der Waals surface area (Å²) >= 11 is 1.63. The number of anilines is 2. The summed E-state index contributed by atoms with van der Waals surface area (Å²) in [7, 11) is 0. The van der Waals surface area contributed by atoms with Crippen molar-refractivity contribution in [2.24, 2.45) is 0 Å². The molecule has 0 aromatic heterocycles. The van der Waals surface area contributed by atoms with Crippen molar-refractivity contribution in [2.45, 2.75) is 23.6 Å². The fourth-order valence-corrected chi connectivity index (χ4v) is 3.51. The predicted octanol–water partition coefficient (Wildman–Crippen LogP) is 4.33. The van der Waals surface area contributed by atoms with Gasteiger partial charge in [-0.25, -0.2) is 4.79 Å². The van der Waals surface area contributed by atoms with Crippen LogP contribution in [0.15, 0.2) is 70.0 Å². The van der Waals surface area contributed by atoms with E-state index in [-0.39, 0.29) is 12.5 Å². The zero-order valence-corrected chi connectivity index (χ0v) is 14.3. The van der Waals surface area contributed by atoms with Crippen LogP contribution in [0.1, 0.15) is 13.8 Å². The molecule has 0 spiro atoms. The first-order valence-electron chi connectivity index (χ1n) is 7.57. The summed E-state index contributed by atoms with van der Waals surface area (Å²) in [5.41, 5.74) is 2.45. The minimum Gasteiger partial charge on any atom is -0.452 e. The molecule has 1 aliphatic heterocycles. The Hall–Kier alpha value is -2.53. The minimum absolute atomic E-state index is 0.272. The summed E-state index contributed by atoms with van der Waals surface area (Å²) in [5.74, 6) is -0.776. The van der Waals surface area contributed by atoms with E-state index < -0.39 is 5.97 Å². The van der Waals surface area contributed by atoms with Gasteiger partial charge < -0.3 is 4.74 Å². The zero-order valence-electron chi connectivity index (χ0n) is 13.5. The lowest BCUT2D eigenvalue weighted by atomic mass is 10.2. The lowest BCUT2D eigenvalue weighted by Crippen LogP contribution is -2.32. The van der Waals surface area contributed by atoms with Crippen LogP contribution in [-0.2, 0) is 14.3 Å². The van der Waals surface area contributed by atoms with E-state index >= 15 is 0 Å². The first kappa shape index (κ1) is 16.3. The summed E-state index contributed by atoms with van der Waals surface area (Å²) in [5, 5.41) is 0. The summed E-state index contributed by atoms with van der Waals surface area (Å²) in [6.45, 7) is 3.31. The van der Waals surface area contributed by atoms with Crippen molar-refractivity contribution in [1.82, 2.24) is 0 Å². The van der Waals surface area contributed by atoms with Crippen LogP contribution in [0.2, 0.25) is 0 Å². The average Bonchev–Trinajstić information content (AvgIpc) is 2.57. The van der Waals surface area contributed by atoms with Crippen molar-refractivity contribution in [1.29, 1.82) is 0 Å². The molecule has 0 radical (unpaired) electrons. The van der Waals surface area contributed by atoms with E-state index in [1.807, 2.05) is 48.5 Å². The van der Waals surface area contributed by atoms with Crippen LogP contribution in [0.4, 0.5) is 11.4 Å². The summed E-state index contributed by atoms with van der Waals surface area (Å²) in [6, 6.07) is 15.4. The number of allylic oxidation sites excluding steroid dienone is 1. The maximum absolute atomic E-state index is 12.7. The number of fused-ring (bicyclic) bond motifs is 2. The van der Waals surface area contributed by atoms with E-state index in [0.717, 1.165) is 26.7 Å². The molecule has 0 fully saturated rings. The highest BCUT2D eigenvalue weighted by molar-refractivity contribution is 7.99. The van der Waals surface area contributed by atoms with Crippen molar-refractivity contribution < 1.29 is 14.3 Å². The van der Waals surface area contributed by atoms with Crippen molar-refractivity contribution in [3.63, 3.8) is 0 Å². The molecule has 2 aromatic rings. The first-order chi connectivity index (χ1) is 11.6. The molecule has 0 saturated heterocycles. The second-order valence-corrected chi connectivity index (χ2v) is 6.68. The molecule has 0 aliphatic carbocycles. The second kappa shape index (κ2) is 6.93. The number of ether oxygens (including phenoxy) is 1. The largest absolute Gasteiger partial charge is 0.452 e. The molecule has 0 N–H and O–H groups in total. The van der Waals surface area contributed by atoms with Crippen LogP contribution in [0, 0.1) is 0 Å². The molecule has 1 amide bonds. The Kier molecular flexibility index (Phi) is 4.71. The van der Waals surface area contributed by atoms with Crippen LogP contribution in [0.5, 0.6) is 0 Å². The number of carbonyl (C=O) groups is 2. The lowest BCUT2D eigenvalue weighted by molar-refractivity contribution is -0.142. The number of hydrogen-bond acceptors (Lipinski definition) is 4. The van der Waals surface area contributed by atoms with E-state index in [0.29, 0.717) is 0 Å². The molecule has 1 aliphatic rings. The SMILES string of the molecule is CC(C)=CC(=O)OCC(=O)N1c2ccccc2Sc2ccccc21. The van der Waals surface area contributed by atoms with E-state index in [9.17, 15) is 9.59 Å². The number of nitrogens with zero attached hydrogens (tertiary/aromatic N) is 1. The third kappa shape index (κ3) is 3.36. The van der Waals surface area contributed by atoms with Crippen LogP contribution >= 0.6 is 11.8 Å². The van der Waals surface area contributed by atoms with Gasteiger partial charge in [0.2, 0.25) is 0 Å². The monoisotopic (exact) mass is 339 g/mol. The Balaban J connectivity index is 1.88. The van der Waals surface area contributed by atoms with Gasteiger partial charge in [0.1, 0.15) is 0 Å². The number of rotatable bonds is 3. The molecular formula is C19H17NO3S. The van der Waals surface area contributed by atoms with Gasteiger partial charge in [0.15, 0.2) is 6.61 Å². The van der Waals surface area contributed by atoms with Crippen LogP contribution in [0.3, 0.4) is 0 Å². The Morgan fingerprint density at radius 3 is 2.08 bits per heavy atom. The third-order valence-corrected chi connectivity index (χ3v) is 4.56. The third-order valence-electron chi connectivity index (χ3n) is 3.43. The highest BCUT2D eigenvalue weighted by atomic mass is 32.2. The Labute approximate surface area is 145 Å². The highest BCUT2D eigenvalue weighted by Gasteiger charge is 2.28. The van der Waals surface area contributed by atoms with Gasteiger partial charge in [0, 0.05) is 15.9 Å². The molecule has 0 saturated carbocycles. The van der Waals surface area contributed by atoms with E-state index in [4.69, 9.17) is 4.74 Å². The molecule has 24 heavy (non-hydrogen) atoms. The molecule has 0 bridgehead atoms. The van der Waals surface area contributed by atoms with Gasteiger partial charge >= 0.3 is 5.97 Å². The highest BCUT2D eigenvalue weighted by Crippen LogP contribution is 2.47. The molecule has 5 heteroatoms. The fraction of sp³-hybridized carbons (Fsp3) is 0.158. The van der Waals surface area contributed by atoms with Gasteiger partial charge in [-0.2, -0.15) is 0 Å². The lowest BCUT2D eigenvalue weighted by Gasteiger charge is -2.30. The number of esters is 1. The first-order valence-corrected chi connectivity index (χ1v) is 8.38. The molecule has 3 rings (SSSR count). The quantitative estimate of drug-likeness (QED) is 0.617. The smallest absolute Gasteiger partial charge is 0.331 e. The summed E-state index contributed by atoms with van der Waals surface area (Å²) < 4.78 is 5.08.